The van der Waals surface area contributed by atoms with Gasteiger partial charge in [0.2, 0.25) is 10.0 Å². The molecule has 1 atom stereocenters. The first-order chi connectivity index (χ1) is 12.9. The molecule has 1 aliphatic heterocycles. The molecule has 2 heterocycles. The number of hydrogen-bond acceptors (Lipinski definition) is 5. The van der Waals surface area contributed by atoms with E-state index < -0.39 is 10.0 Å². The summed E-state index contributed by atoms with van der Waals surface area (Å²) in [6, 6.07) is 10.7. The number of sulfonamides is 1. The average Bonchev–Trinajstić information content (AvgIpc) is 3.09. The maximum atomic E-state index is 12.8. The maximum Gasteiger partial charge on any atom is 0.240 e. The fourth-order valence-electron chi connectivity index (χ4n) is 3.24. The first kappa shape index (κ1) is 20.1. The van der Waals surface area contributed by atoms with Gasteiger partial charge in [-0.3, -0.25) is 4.90 Å². The van der Waals surface area contributed by atoms with Crippen LogP contribution in [0.2, 0.25) is 0 Å². The van der Waals surface area contributed by atoms with Crippen molar-refractivity contribution in [3.8, 4) is 0 Å². The molecule has 148 valence electrons. The lowest BCUT2D eigenvalue weighted by atomic mass is 10.0. The summed E-state index contributed by atoms with van der Waals surface area (Å²) in [7, 11) is -3.59. The van der Waals surface area contributed by atoms with Crippen LogP contribution < -0.4 is 4.72 Å². The van der Waals surface area contributed by atoms with Gasteiger partial charge >= 0.3 is 0 Å². The molecule has 1 unspecified atom stereocenters. The molecule has 0 amide bonds. The van der Waals surface area contributed by atoms with E-state index in [2.05, 4.69) is 23.5 Å². The summed E-state index contributed by atoms with van der Waals surface area (Å²) in [5, 5.41) is 0. The van der Waals surface area contributed by atoms with Crippen molar-refractivity contribution in [1.29, 1.82) is 0 Å². The molecule has 3 rings (SSSR count). The zero-order valence-electron chi connectivity index (χ0n) is 16.1. The second-order valence-corrected chi connectivity index (χ2v) is 8.96. The van der Waals surface area contributed by atoms with Crippen molar-refractivity contribution < 1.29 is 17.6 Å². The second-order valence-electron chi connectivity index (χ2n) is 7.19. The van der Waals surface area contributed by atoms with Gasteiger partial charge in [0.05, 0.1) is 24.2 Å². The highest BCUT2D eigenvalue weighted by atomic mass is 32.2. The normalized spacial score (nSPS) is 17.3. The smallest absolute Gasteiger partial charge is 0.240 e. The third-order valence-electron chi connectivity index (χ3n) is 4.90. The zero-order valence-corrected chi connectivity index (χ0v) is 17.0. The molecule has 6 nitrogen and oxygen atoms in total. The van der Waals surface area contributed by atoms with Gasteiger partial charge in [0.25, 0.3) is 0 Å². The van der Waals surface area contributed by atoms with Crippen LogP contribution in [0.15, 0.2) is 45.7 Å². The van der Waals surface area contributed by atoms with Crippen LogP contribution in [0, 0.1) is 6.92 Å². The van der Waals surface area contributed by atoms with Gasteiger partial charge in [-0.25, -0.2) is 13.1 Å². The molecule has 1 aromatic heterocycles. The number of furan rings is 1. The summed E-state index contributed by atoms with van der Waals surface area (Å²) in [6.45, 7) is 9.07. The van der Waals surface area contributed by atoms with Crippen molar-refractivity contribution in [2.75, 3.05) is 32.8 Å². The average molecular weight is 393 g/mol. The quantitative estimate of drug-likeness (QED) is 0.784. The van der Waals surface area contributed by atoms with E-state index in [-0.39, 0.29) is 17.5 Å². The zero-order chi connectivity index (χ0) is 19.4. The van der Waals surface area contributed by atoms with Crippen molar-refractivity contribution >= 4 is 10.0 Å². The van der Waals surface area contributed by atoms with E-state index >= 15 is 0 Å². The van der Waals surface area contributed by atoms with E-state index in [0.717, 1.165) is 30.2 Å². The van der Waals surface area contributed by atoms with Gasteiger partial charge in [0.15, 0.2) is 0 Å². The first-order valence-electron chi connectivity index (χ1n) is 9.34. The van der Waals surface area contributed by atoms with Crippen molar-refractivity contribution in [1.82, 2.24) is 9.62 Å². The SMILES string of the molecule is Cc1ccc(C(CNS(=O)(=O)c2ccc(C(C)C)cc2)N2CCOCC2)o1. The van der Waals surface area contributed by atoms with E-state index in [9.17, 15) is 8.42 Å². The topological polar surface area (TPSA) is 71.8 Å². The molecule has 1 aliphatic rings. The molecule has 1 saturated heterocycles. The lowest BCUT2D eigenvalue weighted by Gasteiger charge is -2.33. The summed E-state index contributed by atoms with van der Waals surface area (Å²) in [4.78, 5) is 2.48. The van der Waals surface area contributed by atoms with Crippen molar-refractivity contribution in [2.45, 2.75) is 37.6 Å². The minimum Gasteiger partial charge on any atom is -0.465 e. The van der Waals surface area contributed by atoms with Gasteiger partial charge in [0, 0.05) is 19.6 Å². The standard InChI is InChI=1S/C20H28N2O4S/c1-15(2)17-5-7-18(8-6-17)27(23,24)21-14-19(20-9-4-16(3)26-20)22-10-12-25-13-11-22/h4-9,15,19,21H,10-14H2,1-3H3. The third kappa shape index (κ3) is 4.99. The van der Waals surface area contributed by atoms with Crippen LogP contribution in [0.4, 0.5) is 0 Å². The van der Waals surface area contributed by atoms with Crippen LogP contribution in [0.1, 0.15) is 42.9 Å². The van der Waals surface area contributed by atoms with Gasteiger partial charge in [-0.05, 0) is 42.7 Å². The molecule has 0 radical (unpaired) electrons. The maximum absolute atomic E-state index is 12.8. The minimum absolute atomic E-state index is 0.160. The Balaban J connectivity index is 1.75. The number of nitrogens with zero attached hydrogens (tertiary/aromatic N) is 1. The number of ether oxygens (including phenoxy) is 1. The van der Waals surface area contributed by atoms with Crippen molar-refractivity contribution in [3.05, 3.63) is 53.5 Å². The molecule has 0 bridgehead atoms. The number of aryl methyl sites for hydroxylation is 1. The van der Waals surface area contributed by atoms with E-state index in [1.807, 2.05) is 31.2 Å². The molecule has 27 heavy (non-hydrogen) atoms. The van der Waals surface area contributed by atoms with Crippen LogP contribution in [0.25, 0.3) is 0 Å². The Morgan fingerprint density at radius 3 is 2.30 bits per heavy atom. The van der Waals surface area contributed by atoms with E-state index in [1.54, 1.807) is 12.1 Å². The van der Waals surface area contributed by atoms with Crippen LogP contribution in [0.5, 0.6) is 0 Å². The summed E-state index contributed by atoms with van der Waals surface area (Å²) in [6.07, 6.45) is 0. The number of hydrogen-bond donors (Lipinski definition) is 1. The van der Waals surface area contributed by atoms with Gasteiger partial charge in [-0.15, -0.1) is 0 Å². The van der Waals surface area contributed by atoms with Crippen molar-refractivity contribution in [3.63, 3.8) is 0 Å². The number of rotatable bonds is 7. The summed E-state index contributed by atoms with van der Waals surface area (Å²) >= 11 is 0. The fraction of sp³-hybridized carbons (Fsp3) is 0.500. The molecule has 1 aromatic carbocycles. The molecule has 1 N–H and O–H groups in total. The largest absolute Gasteiger partial charge is 0.465 e. The summed E-state index contributed by atoms with van der Waals surface area (Å²) in [5.74, 6) is 1.95. The lowest BCUT2D eigenvalue weighted by molar-refractivity contribution is 0.0127. The predicted octanol–water partition coefficient (Wildman–Crippen LogP) is 3.06. The van der Waals surface area contributed by atoms with Crippen LogP contribution in [-0.2, 0) is 14.8 Å². The van der Waals surface area contributed by atoms with E-state index in [0.29, 0.717) is 19.1 Å². The van der Waals surface area contributed by atoms with Gasteiger partial charge < -0.3 is 9.15 Å². The fourth-order valence-corrected chi connectivity index (χ4v) is 4.27. The highest BCUT2D eigenvalue weighted by molar-refractivity contribution is 7.89. The van der Waals surface area contributed by atoms with Gasteiger partial charge in [-0.1, -0.05) is 26.0 Å². The third-order valence-corrected chi connectivity index (χ3v) is 6.34. The molecule has 1 fully saturated rings. The molecular formula is C20H28N2O4S. The Morgan fingerprint density at radius 2 is 1.74 bits per heavy atom. The summed E-state index contributed by atoms with van der Waals surface area (Å²) in [5.41, 5.74) is 1.12. The Bertz CT molecular complexity index is 837. The van der Waals surface area contributed by atoms with Gasteiger partial charge in [0.1, 0.15) is 11.5 Å². The monoisotopic (exact) mass is 392 g/mol. The van der Waals surface area contributed by atoms with Crippen LogP contribution >= 0.6 is 0 Å². The van der Waals surface area contributed by atoms with E-state index in [4.69, 9.17) is 9.15 Å². The second kappa shape index (κ2) is 8.56. The Labute approximate surface area is 161 Å². The van der Waals surface area contributed by atoms with Crippen molar-refractivity contribution in [2.24, 2.45) is 0 Å². The first-order valence-corrected chi connectivity index (χ1v) is 10.8. The molecule has 0 saturated carbocycles. The summed E-state index contributed by atoms with van der Waals surface area (Å²) < 4.78 is 39.5. The predicted molar refractivity (Wildman–Crippen MR) is 104 cm³/mol. The van der Waals surface area contributed by atoms with Gasteiger partial charge in [-0.2, -0.15) is 0 Å². The molecule has 0 aliphatic carbocycles. The number of morpholine rings is 1. The highest BCUT2D eigenvalue weighted by Gasteiger charge is 2.27. The number of nitrogens with one attached hydrogen (secondary N) is 1. The van der Waals surface area contributed by atoms with Crippen LogP contribution in [0.3, 0.4) is 0 Å². The Kier molecular flexibility index (Phi) is 6.37. The van der Waals surface area contributed by atoms with Crippen LogP contribution in [-0.4, -0.2) is 46.2 Å². The Hall–Kier alpha value is -1.67. The highest BCUT2D eigenvalue weighted by Crippen LogP contribution is 2.24. The lowest BCUT2D eigenvalue weighted by Crippen LogP contribution is -2.43. The number of benzene rings is 1. The molecule has 2 aromatic rings. The molecular weight excluding hydrogens is 364 g/mol. The Morgan fingerprint density at radius 1 is 1.07 bits per heavy atom. The van der Waals surface area contributed by atoms with E-state index in [1.165, 1.54) is 0 Å². The molecule has 7 heteroatoms. The minimum atomic E-state index is -3.59. The molecule has 0 spiro atoms.